The van der Waals surface area contributed by atoms with Gasteiger partial charge >= 0.3 is 0 Å². The molecule has 0 bridgehead atoms. The minimum Gasteiger partial charge on any atom is -0.304 e. The molecule has 0 unspecified atom stereocenters. The molecule has 0 spiro atoms. The molecule has 1 heterocycles. The van der Waals surface area contributed by atoms with Gasteiger partial charge in [-0.2, -0.15) is 5.10 Å². The van der Waals surface area contributed by atoms with Crippen molar-refractivity contribution < 1.29 is 0 Å². The summed E-state index contributed by atoms with van der Waals surface area (Å²) in [5.74, 6) is 1.80. The van der Waals surface area contributed by atoms with Crippen molar-refractivity contribution in [2.45, 2.75) is 54.0 Å². The Kier molecular flexibility index (Phi) is 2.97. The highest BCUT2D eigenvalue weighted by molar-refractivity contribution is 7.71. The maximum absolute atomic E-state index is 5.33. The first-order valence-electron chi connectivity index (χ1n) is 6.46. The average Bonchev–Trinajstić information content (AvgIpc) is 2.53. The Morgan fingerprint density at radius 1 is 1.29 bits per heavy atom. The first kappa shape index (κ1) is 12.8. The van der Waals surface area contributed by atoms with Gasteiger partial charge in [0.2, 0.25) is 0 Å². The lowest BCUT2D eigenvalue weighted by Gasteiger charge is -2.07. The van der Waals surface area contributed by atoms with E-state index in [2.05, 4.69) is 49.4 Å². The van der Waals surface area contributed by atoms with Crippen molar-refractivity contribution in [2.75, 3.05) is 0 Å². The van der Waals surface area contributed by atoms with Crippen LogP contribution in [0.3, 0.4) is 0 Å². The summed E-state index contributed by atoms with van der Waals surface area (Å²) in [4.78, 5) is 0. The Bertz CT molecular complexity index is 453. The second kappa shape index (κ2) is 3.94. The third-order valence-electron chi connectivity index (χ3n) is 5.00. The molecule has 0 aliphatic heterocycles. The zero-order valence-corrected chi connectivity index (χ0v) is 12.3. The van der Waals surface area contributed by atoms with Crippen molar-refractivity contribution >= 4 is 12.2 Å². The zero-order valence-electron chi connectivity index (χ0n) is 11.5. The maximum Gasteiger partial charge on any atom is 0.195 e. The zero-order chi connectivity index (χ0) is 12.8. The predicted molar refractivity (Wildman–Crippen MR) is 72.5 cm³/mol. The first-order chi connectivity index (χ1) is 7.82. The van der Waals surface area contributed by atoms with Crippen molar-refractivity contribution in [2.24, 2.45) is 16.7 Å². The molecule has 1 aliphatic rings. The number of aromatic nitrogens is 3. The van der Waals surface area contributed by atoms with Crippen LogP contribution in [0.2, 0.25) is 0 Å². The van der Waals surface area contributed by atoms with Gasteiger partial charge in [-0.3, -0.25) is 5.10 Å². The van der Waals surface area contributed by atoms with Gasteiger partial charge in [0, 0.05) is 13.0 Å². The fraction of sp³-hybridized carbons (Fsp3) is 0.846. The van der Waals surface area contributed by atoms with E-state index in [1.165, 1.54) is 0 Å². The summed E-state index contributed by atoms with van der Waals surface area (Å²) in [5.41, 5.74) is 0.811. The van der Waals surface area contributed by atoms with Crippen molar-refractivity contribution in [1.29, 1.82) is 0 Å². The SMILES string of the molecule is CCCc1n[nH]c(=S)n1CC1C(C)(C)C1(C)C. The minimum absolute atomic E-state index is 0.405. The summed E-state index contributed by atoms with van der Waals surface area (Å²) in [7, 11) is 0. The minimum atomic E-state index is 0.405. The molecular formula is C13H23N3S. The molecule has 0 radical (unpaired) electrons. The van der Waals surface area contributed by atoms with Gasteiger partial charge in [-0.05, 0) is 35.4 Å². The molecule has 0 aromatic carbocycles. The molecular weight excluding hydrogens is 230 g/mol. The van der Waals surface area contributed by atoms with Gasteiger partial charge in [0.1, 0.15) is 5.82 Å². The van der Waals surface area contributed by atoms with Gasteiger partial charge < -0.3 is 4.57 Å². The van der Waals surface area contributed by atoms with Gasteiger partial charge in [0.15, 0.2) is 4.77 Å². The van der Waals surface area contributed by atoms with Crippen LogP contribution in [-0.4, -0.2) is 14.8 Å². The molecule has 1 aromatic heterocycles. The van der Waals surface area contributed by atoms with E-state index in [4.69, 9.17) is 12.2 Å². The Labute approximate surface area is 109 Å². The van der Waals surface area contributed by atoms with Crippen LogP contribution in [0, 0.1) is 21.5 Å². The van der Waals surface area contributed by atoms with E-state index in [0.717, 1.165) is 30.0 Å². The van der Waals surface area contributed by atoms with E-state index in [1.807, 2.05) is 0 Å². The van der Waals surface area contributed by atoms with Crippen LogP contribution in [0.1, 0.15) is 46.9 Å². The van der Waals surface area contributed by atoms with E-state index in [0.29, 0.717) is 16.7 Å². The molecule has 1 fully saturated rings. The van der Waals surface area contributed by atoms with Gasteiger partial charge in [-0.1, -0.05) is 34.6 Å². The van der Waals surface area contributed by atoms with Gasteiger partial charge in [-0.25, -0.2) is 0 Å². The number of hydrogen-bond donors (Lipinski definition) is 1. The van der Waals surface area contributed by atoms with Crippen LogP contribution in [0.4, 0.5) is 0 Å². The molecule has 17 heavy (non-hydrogen) atoms. The molecule has 0 amide bonds. The fourth-order valence-electron chi connectivity index (χ4n) is 2.93. The van der Waals surface area contributed by atoms with Crippen molar-refractivity contribution in [3.05, 3.63) is 10.6 Å². The van der Waals surface area contributed by atoms with Crippen molar-refractivity contribution in [3.8, 4) is 0 Å². The standard InChI is InChI=1S/C13H23N3S/c1-6-7-10-14-15-11(17)16(10)8-9-12(2,3)13(9,4)5/h9H,6-8H2,1-5H3,(H,15,17). The van der Waals surface area contributed by atoms with Crippen LogP contribution >= 0.6 is 12.2 Å². The highest BCUT2D eigenvalue weighted by Gasteiger charge is 2.64. The summed E-state index contributed by atoms with van der Waals surface area (Å²) >= 11 is 5.33. The Morgan fingerprint density at radius 2 is 1.88 bits per heavy atom. The molecule has 1 N–H and O–H groups in total. The van der Waals surface area contributed by atoms with Gasteiger partial charge in [0.05, 0.1) is 0 Å². The lowest BCUT2D eigenvalue weighted by atomic mass is 10.0. The van der Waals surface area contributed by atoms with Crippen LogP contribution in [-0.2, 0) is 13.0 Å². The molecule has 4 heteroatoms. The van der Waals surface area contributed by atoms with Crippen molar-refractivity contribution in [3.63, 3.8) is 0 Å². The lowest BCUT2D eigenvalue weighted by molar-refractivity contribution is 0.457. The Morgan fingerprint density at radius 3 is 2.35 bits per heavy atom. The predicted octanol–water partition coefficient (Wildman–Crippen LogP) is 3.58. The van der Waals surface area contributed by atoms with Crippen LogP contribution in [0.25, 0.3) is 0 Å². The summed E-state index contributed by atoms with van der Waals surface area (Å²) in [6.45, 7) is 12.6. The third-order valence-corrected chi connectivity index (χ3v) is 5.31. The van der Waals surface area contributed by atoms with E-state index < -0.39 is 0 Å². The molecule has 2 rings (SSSR count). The van der Waals surface area contributed by atoms with Crippen molar-refractivity contribution in [1.82, 2.24) is 14.8 Å². The molecule has 0 atom stereocenters. The number of hydrogen-bond acceptors (Lipinski definition) is 2. The van der Waals surface area contributed by atoms with Gasteiger partial charge in [-0.15, -0.1) is 0 Å². The number of aryl methyl sites for hydroxylation is 1. The molecule has 1 saturated carbocycles. The highest BCUT2D eigenvalue weighted by Crippen LogP contribution is 2.68. The smallest absolute Gasteiger partial charge is 0.195 e. The van der Waals surface area contributed by atoms with Gasteiger partial charge in [0.25, 0.3) is 0 Å². The highest BCUT2D eigenvalue weighted by atomic mass is 32.1. The number of rotatable bonds is 4. The monoisotopic (exact) mass is 253 g/mol. The number of aromatic amines is 1. The third kappa shape index (κ3) is 1.86. The summed E-state index contributed by atoms with van der Waals surface area (Å²) in [5, 5.41) is 7.25. The molecule has 1 aromatic rings. The topological polar surface area (TPSA) is 33.6 Å². The quantitative estimate of drug-likeness (QED) is 0.832. The van der Waals surface area contributed by atoms with E-state index in [-0.39, 0.29) is 0 Å². The molecule has 1 aliphatic carbocycles. The summed E-state index contributed by atoms with van der Waals surface area (Å²) in [6.07, 6.45) is 2.11. The second-order valence-electron chi connectivity index (χ2n) is 6.30. The second-order valence-corrected chi connectivity index (χ2v) is 6.69. The lowest BCUT2D eigenvalue weighted by Crippen LogP contribution is -2.08. The van der Waals surface area contributed by atoms with E-state index in [9.17, 15) is 0 Å². The largest absolute Gasteiger partial charge is 0.304 e. The Hall–Kier alpha value is -0.640. The normalized spacial score (nSPS) is 21.7. The van der Waals surface area contributed by atoms with Crippen LogP contribution in [0.5, 0.6) is 0 Å². The number of nitrogens with one attached hydrogen (secondary N) is 1. The number of nitrogens with zero attached hydrogens (tertiary/aromatic N) is 2. The fourth-order valence-corrected chi connectivity index (χ4v) is 3.15. The average molecular weight is 253 g/mol. The maximum atomic E-state index is 5.33. The van der Waals surface area contributed by atoms with Crippen LogP contribution < -0.4 is 0 Å². The van der Waals surface area contributed by atoms with E-state index >= 15 is 0 Å². The molecule has 0 saturated heterocycles. The van der Waals surface area contributed by atoms with Crippen LogP contribution in [0.15, 0.2) is 0 Å². The first-order valence-corrected chi connectivity index (χ1v) is 6.87. The Balaban J connectivity index is 2.21. The van der Waals surface area contributed by atoms with E-state index in [1.54, 1.807) is 0 Å². The summed E-state index contributed by atoms with van der Waals surface area (Å²) in [6, 6.07) is 0. The number of H-pyrrole nitrogens is 1. The molecule has 96 valence electrons. The molecule has 3 nitrogen and oxygen atoms in total. The summed E-state index contributed by atoms with van der Waals surface area (Å²) < 4.78 is 2.96.